The average Bonchev–Trinajstić information content (AvgIpc) is 3.22. The number of ether oxygens (including phenoxy) is 4. The largest absolute Gasteiger partial charge is 0.507 e. The van der Waals surface area contributed by atoms with Crippen LogP contribution in [0.2, 0.25) is 0 Å². The van der Waals surface area contributed by atoms with Crippen LogP contribution >= 0.6 is 0 Å². The number of para-hydroxylation sites is 1. The van der Waals surface area contributed by atoms with Crippen LogP contribution < -0.4 is 23.8 Å². The molecule has 8 heteroatoms. The molecule has 4 rings (SSSR count). The predicted molar refractivity (Wildman–Crippen MR) is 149 cm³/mol. The van der Waals surface area contributed by atoms with Crippen molar-refractivity contribution < 1.29 is 33.6 Å². The van der Waals surface area contributed by atoms with Crippen molar-refractivity contribution in [2.24, 2.45) is 0 Å². The van der Waals surface area contributed by atoms with Gasteiger partial charge in [-0.05, 0) is 50.6 Å². The molecule has 1 aliphatic rings. The minimum Gasteiger partial charge on any atom is -0.507 e. The highest BCUT2D eigenvalue weighted by atomic mass is 16.5. The number of carbonyl (C=O) groups is 2. The first kappa shape index (κ1) is 27.6. The van der Waals surface area contributed by atoms with Crippen molar-refractivity contribution in [3.63, 3.8) is 0 Å². The number of carbonyl (C=O) groups excluding carboxylic acids is 2. The maximum atomic E-state index is 13.6. The van der Waals surface area contributed by atoms with Gasteiger partial charge in [-0.2, -0.15) is 0 Å². The van der Waals surface area contributed by atoms with E-state index >= 15 is 0 Å². The summed E-state index contributed by atoms with van der Waals surface area (Å²) in [5.41, 5.74) is 1.20. The van der Waals surface area contributed by atoms with Crippen LogP contribution in [-0.4, -0.2) is 43.7 Å². The molecule has 8 nitrogen and oxygen atoms in total. The van der Waals surface area contributed by atoms with Gasteiger partial charge in [0.1, 0.15) is 28.8 Å². The van der Waals surface area contributed by atoms with Crippen LogP contribution in [0, 0.1) is 0 Å². The lowest BCUT2D eigenvalue weighted by atomic mass is 9.94. The molecule has 3 aromatic rings. The second kappa shape index (κ2) is 12.4. The summed E-state index contributed by atoms with van der Waals surface area (Å²) < 4.78 is 22.8. The van der Waals surface area contributed by atoms with E-state index in [1.54, 1.807) is 66.7 Å². The molecule has 0 saturated carbocycles. The van der Waals surface area contributed by atoms with Crippen LogP contribution in [0.4, 0.5) is 5.69 Å². The van der Waals surface area contributed by atoms with Crippen LogP contribution in [-0.2, 0) is 9.59 Å². The van der Waals surface area contributed by atoms with Crippen molar-refractivity contribution in [1.29, 1.82) is 0 Å². The van der Waals surface area contributed by atoms with Crippen LogP contribution in [0.5, 0.6) is 23.0 Å². The van der Waals surface area contributed by atoms with Gasteiger partial charge in [0, 0.05) is 23.4 Å². The Kier molecular flexibility index (Phi) is 8.76. The standard InChI is InChI=1S/C31H33NO7/c1-5-17-39-21-12-10-11-20(18-21)32-28(23-13-8-9-14-25(23)36-4)27(30(34)31(32)35)29(33)24-16-15-22(37-6-2)19-26(24)38-7-3/h8-16,18-19,28,33H,5-7,17H2,1-4H3/b29-27+. The third-order valence-electron chi connectivity index (χ3n) is 6.27. The average molecular weight is 532 g/mol. The van der Waals surface area contributed by atoms with Gasteiger partial charge in [0.05, 0.1) is 44.1 Å². The molecule has 1 aliphatic heterocycles. The maximum absolute atomic E-state index is 13.6. The second-order valence-corrected chi connectivity index (χ2v) is 8.78. The summed E-state index contributed by atoms with van der Waals surface area (Å²) in [6.07, 6.45) is 0.820. The van der Waals surface area contributed by atoms with Crippen LogP contribution in [0.25, 0.3) is 5.76 Å². The van der Waals surface area contributed by atoms with E-state index in [9.17, 15) is 14.7 Å². The van der Waals surface area contributed by atoms with Crippen LogP contribution in [0.1, 0.15) is 44.4 Å². The van der Waals surface area contributed by atoms with E-state index in [4.69, 9.17) is 18.9 Å². The summed E-state index contributed by atoms with van der Waals surface area (Å²) >= 11 is 0. The lowest BCUT2D eigenvalue weighted by molar-refractivity contribution is -0.132. The molecule has 1 saturated heterocycles. The van der Waals surface area contributed by atoms with E-state index in [2.05, 4.69) is 0 Å². The second-order valence-electron chi connectivity index (χ2n) is 8.78. The van der Waals surface area contributed by atoms with Crippen molar-refractivity contribution in [1.82, 2.24) is 0 Å². The number of aliphatic hydroxyl groups excluding tert-OH is 1. The first-order chi connectivity index (χ1) is 18.9. The summed E-state index contributed by atoms with van der Waals surface area (Å²) in [5.74, 6) is -0.0140. The lowest BCUT2D eigenvalue weighted by Gasteiger charge is -2.27. The number of ketones is 1. The maximum Gasteiger partial charge on any atom is 0.300 e. The number of hydrogen-bond acceptors (Lipinski definition) is 7. The van der Waals surface area contributed by atoms with Crippen molar-refractivity contribution in [2.75, 3.05) is 31.8 Å². The molecule has 204 valence electrons. The molecule has 3 aromatic carbocycles. The third-order valence-corrected chi connectivity index (χ3v) is 6.27. The van der Waals surface area contributed by atoms with Gasteiger partial charge in [0.2, 0.25) is 0 Å². The number of aliphatic hydroxyl groups is 1. The highest BCUT2D eigenvalue weighted by Crippen LogP contribution is 2.46. The summed E-state index contributed by atoms with van der Waals surface area (Å²) in [5, 5.41) is 11.7. The lowest BCUT2D eigenvalue weighted by Crippen LogP contribution is -2.29. The Hall–Kier alpha value is -4.46. The summed E-state index contributed by atoms with van der Waals surface area (Å²) in [4.78, 5) is 28.6. The molecular weight excluding hydrogens is 498 g/mol. The molecule has 0 bridgehead atoms. The molecule has 1 fully saturated rings. The Morgan fingerprint density at radius 2 is 1.59 bits per heavy atom. The van der Waals surface area contributed by atoms with Gasteiger partial charge in [-0.15, -0.1) is 0 Å². The fourth-order valence-electron chi connectivity index (χ4n) is 4.60. The minimum absolute atomic E-state index is 0.0745. The van der Waals surface area contributed by atoms with E-state index in [-0.39, 0.29) is 16.9 Å². The van der Waals surface area contributed by atoms with Gasteiger partial charge in [-0.1, -0.05) is 31.2 Å². The summed E-state index contributed by atoms with van der Waals surface area (Å²) in [6.45, 7) is 6.98. The highest BCUT2D eigenvalue weighted by Gasteiger charge is 2.48. The van der Waals surface area contributed by atoms with E-state index in [1.807, 2.05) is 20.8 Å². The first-order valence-electron chi connectivity index (χ1n) is 13.0. The number of amides is 1. The van der Waals surface area contributed by atoms with Crippen molar-refractivity contribution in [3.05, 3.63) is 83.4 Å². The van der Waals surface area contributed by atoms with Gasteiger partial charge < -0.3 is 24.1 Å². The molecule has 0 spiro atoms. The van der Waals surface area contributed by atoms with Gasteiger partial charge in [0.15, 0.2) is 0 Å². The number of methoxy groups -OCH3 is 1. The molecule has 0 radical (unpaired) electrons. The number of rotatable bonds is 11. The predicted octanol–water partition coefficient (Wildman–Crippen LogP) is 5.91. The normalized spacial score (nSPS) is 16.3. The minimum atomic E-state index is -0.969. The number of benzene rings is 3. The first-order valence-corrected chi connectivity index (χ1v) is 13.0. The Balaban J connectivity index is 1.94. The Bertz CT molecular complexity index is 1380. The van der Waals surface area contributed by atoms with Gasteiger partial charge in [-0.25, -0.2) is 0 Å². The number of nitrogens with zero attached hydrogens (tertiary/aromatic N) is 1. The molecule has 1 atom stereocenters. The molecular formula is C31H33NO7. The van der Waals surface area contributed by atoms with E-state index in [0.717, 1.165) is 6.42 Å². The van der Waals surface area contributed by atoms with Gasteiger partial charge in [0.25, 0.3) is 11.7 Å². The summed E-state index contributed by atoms with van der Waals surface area (Å²) in [6, 6.07) is 18.1. The van der Waals surface area contributed by atoms with E-state index < -0.39 is 17.7 Å². The zero-order valence-corrected chi connectivity index (χ0v) is 22.6. The Labute approximate surface area is 228 Å². The zero-order chi connectivity index (χ0) is 27.9. The highest BCUT2D eigenvalue weighted by molar-refractivity contribution is 6.51. The molecule has 1 heterocycles. The van der Waals surface area contributed by atoms with Crippen LogP contribution in [0.3, 0.4) is 0 Å². The molecule has 1 N–H and O–H groups in total. The summed E-state index contributed by atoms with van der Waals surface area (Å²) in [7, 11) is 1.52. The number of Topliss-reactive ketones (excluding diaryl/α,β-unsaturated/α-hetero) is 1. The SMILES string of the molecule is CCCOc1cccc(N2C(=O)C(=O)/C(=C(/O)c3ccc(OCC)cc3OCC)C2c2ccccc2OC)c1. The topological polar surface area (TPSA) is 94.5 Å². The molecule has 0 aromatic heterocycles. The van der Waals surface area contributed by atoms with E-state index in [0.29, 0.717) is 54.1 Å². The Morgan fingerprint density at radius 3 is 2.31 bits per heavy atom. The monoisotopic (exact) mass is 531 g/mol. The smallest absolute Gasteiger partial charge is 0.300 e. The number of anilines is 1. The van der Waals surface area contributed by atoms with Crippen LogP contribution in [0.15, 0.2) is 72.3 Å². The molecule has 1 amide bonds. The van der Waals surface area contributed by atoms with Crippen molar-refractivity contribution in [2.45, 2.75) is 33.2 Å². The zero-order valence-electron chi connectivity index (χ0n) is 22.6. The molecule has 39 heavy (non-hydrogen) atoms. The van der Waals surface area contributed by atoms with Gasteiger partial charge in [-0.3, -0.25) is 14.5 Å². The third kappa shape index (κ3) is 5.55. The quantitative estimate of drug-likeness (QED) is 0.187. The Morgan fingerprint density at radius 1 is 0.846 bits per heavy atom. The fourth-order valence-corrected chi connectivity index (χ4v) is 4.60. The fraction of sp³-hybridized carbons (Fsp3) is 0.290. The molecule has 0 aliphatic carbocycles. The molecule has 1 unspecified atom stereocenters. The number of hydrogen-bond donors (Lipinski definition) is 1. The van der Waals surface area contributed by atoms with Gasteiger partial charge >= 0.3 is 0 Å². The van der Waals surface area contributed by atoms with Crippen molar-refractivity contribution >= 4 is 23.1 Å². The van der Waals surface area contributed by atoms with Crippen molar-refractivity contribution in [3.8, 4) is 23.0 Å². The van der Waals surface area contributed by atoms with E-state index in [1.165, 1.54) is 12.0 Å².